The van der Waals surface area contributed by atoms with Gasteiger partial charge in [0, 0.05) is 23.4 Å². The average molecular weight is 309 g/mol. The highest BCUT2D eigenvalue weighted by Gasteiger charge is 2.47. The van der Waals surface area contributed by atoms with Crippen LogP contribution in [0.2, 0.25) is 0 Å². The molecule has 0 radical (unpaired) electrons. The second-order valence-corrected chi connectivity index (χ2v) is 5.53. The highest BCUT2D eigenvalue weighted by molar-refractivity contribution is 9.10. The van der Waals surface area contributed by atoms with Crippen LogP contribution in [0, 0.1) is 11.3 Å². The minimum atomic E-state index is -0.317. The van der Waals surface area contributed by atoms with Crippen LogP contribution in [0.1, 0.15) is 12.8 Å². The van der Waals surface area contributed by atoms with E-state index in [0.29, 0.717) is 4.48 Å². The first-order valence-electron chi connectivity index (χ1n) is 5.89. The maximum absolute atomic E-state index is 11.6. The van der Waals surface area contributed by atoms with Crippen LogP contribution in [0.15, 0.2) is 28.7 Å². The van der Waals surface area contributed by atoms with Gasteiger partial charge in [0.25, 0.3) is 5.91 Å². The third-order valence-electron chi connectivity index (χ3n) is 3.64. The van der Waals surface area contributed by atoms with Crippen molar-refractivity contribution in [2.45, 2.75) is 18.9 Å². The SMILES string of the molecule is N#CC[N+]1(c2cccc(Br)c2)CCC[C@@H]1C(N)=O. The highest BCUT2D eigenvalue weighted by Crippen LogP contribution is 2.35. The van der Waals surface area contributed by atoms with Gasteiger partial charge < -0.3 is 5.73 Å². The van der Waals surface area contributed by atoms with Crippen molar-refractivity contribution in [1.82, 2.24) is 4.48 Å². The highest BCUT2D eigenvalue weighted by atomic mass is 79.9. The summed E-state index contributed by atoms with van der Waals surface area (Å²) in [7, 11) is 0. The number of quaternary nitrogens is 1. The number of primary amides is 1. The maximum Gasteiger partial charge on any atom is 0.276 e. The Hall–Kier alpha value is -1.38. The molecule has 0 aromatic heterocycles. The third-order valence-corrected chi connectivity index (χ3v) is 4.13. The lowest BCUT2D eigenvalue weighted by Crippen LogP contribution is -2.58. The van der Waals surface area contributed by atoms with Crippen LogP contribution in [0.3, 0.4) is 0 Å². The molecule has 4 nitrogen and oxygen atoms in total. The van der Waals surface area contributed by atoms with E-state index >= 15 is 0 Å². The molecule has 1 aromatic carbocycles. The monoisotopic (exact) mass is 308 g/mol. The minimum absolute atomic E-state index is 0.282. The molecule has 0 aliphatic carbocycles. The molecular formula is C13H15BrN3O+. The smallest absolute Gasteiger partial charge is 0.276 e. The molecule has 94 valence electrons. The molecule has 2 rings (SSSR count). The second-order valence-electron chi connectivity index (χ2n) is 4.61. The summed E-state index contributed by atoms with van der Waals surface area (Å²) in [6, 6.07) is 9.70. The molecule has 2 N–H and O–H groups in total. The van der Waals surface area contributed by atoms with E-state index in [0.717, 1.165) is 29.5 Å². The third kappa shape index (κ3) is 2.14. The molecule has 18 heavy (non-hydrogen) atoms. The molecule has 1 heterocycles. The summed E-state index contributed by atoms with van der Waals surface area (Å²) in [6.45, 7) is 1.07. The minimum Gasteiger partial charge on any atom is -0.364 e. The lowest BCUT2D eigenvalue weighted by atomic mass is 10.1. The molecule has 0 saturated carbocycles. The van der Waals surface area contributed by atoms with Crippen LogP contribution < -0.4 is 10.2 Å². The number of amides is 1. The van der Waals surface area contributed by atoms with Crippen LogP contribution in [0.4, 0.5) is 5.69 Å². The summed E-state index contributed by atoms with van der Waals surface area (Å²) < 4.78 is 1.32. The Kier molecular flexibility index (Phi) is 3.69. The van der Waals surface area contributed by atoms with Gasteiger partial charge >= 0.3 is 0 Å². The maximum atomic E-state index is 11.6. The fourth-order valence-electron chi connectivity index (χ4n) is 2.82. The van der Waals surface area contributed by atoms with Gasteiger partial charge in [-0.2, -0.15) is 5.26 Å². The Morgan fingerprint density at radius 1 is 1.61 bits per heavy atom. The first-order valence-corrected chi connectivity index (χ1v) is 6.68. The molecule has 1 unspecified atom stereocenters. The normalized spacial score (nSPS) is 26.8. The van der Waals surface area contributed by atoms with Gasteiger partial charge in [-0.1, -0.05) is 22.0 Å². The topological polar surface area (TPSA) is 66.9 Å². The molecular weight excluding hydrogens is 294 g/mol. The number of nitrogens with zero attached hydrogens (tertiary/aromatic N) is 2. The van der Waals surface area contributed by atoms with Gasteiger partial charge in [0.1, 0.15) is 11.8 Å². The number of carbonyl (C=O) groups is 1. The van der Waals surface area contributed by atoms with Gasteiger partial charge in [0.15, 0.2) is 12.6 Å². The number of halogens is 1. The van der Waals surface area contributed by atoms with E-state index in [1.165, 1.54) is 0 Å². The van der Waals surface area contributed by atoms with Gasteiger partial charge in [-0.05, 0) is 12.1 Å². The summed E-state index contributed by atoms with van der Waals surface area (Å²) in [5.41, 5.74) is 6.48. The van der Waals surface area contributed by atoms with Crippen LogP contribution in [0.25, 0.3) is 0 Å². The second kappa shape index (κ2) is 5.09. The van der Waals surface area contributed by atoms with Crippen molar-refractivity contribution in [2.24, 2.45) is 5.73 Å². The van der Waals surface area contributed by atoms with Crippen molar-refractivity contribution in [3.05, 3.63) is 28.7 Å². The predicted octanol–water partition coefficient (Wildman–Crippen LogP) is 1.93. The Bertz CT molecular complexity index is 511. The predicted molar refractivity (Wildman–Crippen MR) is 73.5 cm³/mol. The summed E-state index contributed by atoms with van der Waals surface area (Å²) in [5.74, 6) is -0.317. The van der Waals surface area contributed by atoms with Crippen molar-refractivity contribution < 1.29 is 4.79 Å². The van der Waals surface area contributed by atoms with Crippen LogP contribution in [-0.4, -0.2) is 25.0 Å². The zero-order valence-electron chi connectivity index (χ0n) is 9.97. The molecule has 0 bridgehead atoms. The van der Waals surface area contributed by atoms with E-state index in [9.17, 15) is 4.79 Å². The lowest BCUT2D eigenvalue weighted by Gasteiger charge is -2.36. The van der Waals surface area contributed by atoms with E-state index in [-0.39, 0.29) is 18.5 Å². The molecule has 1 fully saturated rings. The zero-order chi connectivity index (χ0) is 13.2. The van der Waals surface area contributed by atoms with Gasteiger partial charge in [0.05, 0.1) is 6.54 Å². The van der Waals surface area contributed by atoms with Crippen LogP contribution >= 0.6 is 15.9 Å². The molecule has 1 aliphatic heterocycles. The number of benzene rings is 1. The Morgan fingerprint density at radius 3 is 3.00 bits per heavy atom. The summed E-state index contributed by atoms with van der Waals surface area (Å²) in [4.78, 5) is 11.6. The van der Waals surface area contributed by atoms with Crippen LogP contribution in [0.5, 0.6) is 0 Å². The summed E-state index contributed by atoms with van der Waals surface area (Å²) in [6.07, 6.45) is 1.67. The first-order chi connectivity index (χ1) is 8.60. The molecule has 1 aliphatic rings. The number of hydrogen-bond donors (Lipinski definition) is 1. The van der Waals surface area contributed by atoms with Crippen molar-refractivity contribution in [3.8, 4) is 6.07 Å². The molecule has 0 spiro atoms. The number of carbonyl (C=O) groups excluding carboxylic acids is 1. The quantitative estimate of drug-likeness (QED) is 0.685. The van der Waals surface area contributed by atoms with Crippen molar-refractivity contribution in [1.29, 1.82) is 5.26 Å². The van der Waals surface area contributed by atoms with Crippen molar-refractivity contribution in [3.63, 3.8) is 0 Å². The largest absolute Gasteiger partial charge is 0.364 e. The van der Waals surface area contributed by atoms with E-state index in [4.69, 9.17) is 11.0 Å². The number of rotatable bonds is 3. The Morgan fingerprint density at radius 2 is 2.39 bits per heavy atom. The van der Waals surface area contributed by atoms with Gasteiger partial charge in [-0.25, -0.2) is 0 Å². The van der Waals surface area contributed by atoms with Gasteiger partial charge in [-0.3, -0.25) is 9.28 Å². The molecule has 2 atom stereocenters. The number of nitrogens with two attached hydrogens (primary N) is 1. The number of likely N-dealkylation sites (tertiary alicyclic amines) is 1. The van der Waals surface area contributed by atoms with E-state index < -0.39 is 0 Å². The standard InChI is InChI=1S/C13H14BrN3O/c14-10-3-1-4-11(9-10)17(8-6-15)7-2-5-12(17)13(16)18/h1,3-4,9,12H,2,5,7-8H2,(H-,16,18)/p+1/t12-,17?/m1/s1. The number of nitriles is 1. The van der Waals surface area contributed by atoms with E-state index in [1.54, 1.807) is 0 Å². The van der Waals surface area contributed by atoms with Crippen molar-refractivity contribution in [2.75, 3.05) is 13.1 Å². The molecule has 1 saturated heterocycles. The first kappa shape index (κ1) is 13.1. The fourth-order valence-corrected chi connectivity index (χ4v) is 3.21. The summed E-state index contributed by atoms with van der Waals surface area (Å²) in [5, 5.41) is 9.09. The van der Waals surface area contributed by atoms with E-state index in [2.05, 4.69) is 22.0 Å². The zero-order valence-corrected chi connectivity index (χ0v) is 11.6. The van der Waals surface area contributed by atoms with Crippen molar-refractivity contribution >= 4 is 27.5 Å². The van der Waals surface area contributed by atoms with Crippen LogP contribution in [-0.2, 0) is 4.79 Å². The van der Waals surface area contributed by atoms with Gasteiger partial charge in [0.2, 0.25) is 0 Å². The Balaban J connectivity index is 2.50. The lowest BCUT2D eigenvalue weighted by molar-refractivity contribution is -0.121. The number of hydrogen-bond acceptors (Lipinski definition) is 2. The molecule has 1 amide bonds. The van der Waals surface area contributed by atoms with E-state index in [1.807, 2.05) is 24.3 Å². The average Bonchev–Trinajstić information content (AvgIpc) is 2.75. The Labute approximate surface area is 115 Å². The molecule has 5 heteroatoms. The van der Waals surface area contributed by atoms with Gasteiger partial charge in [-0.15, -0.1) is 0 Å². The molecule has 1 aromatic rings. The summed E-state index contributed by atoms with van der Waals surface area (Å²) >= 11 is 3.43. The fraction of sp³-hybridized carbons (Fsp3) is 0.385.